The molecule has 0 bridgehead atoms. The van der Waals surface area contributed by atoms with Gasteiger partial charge in [-0.05, 0) is 40.5 Å². The number of nitrogens with one attached hydrogen (secondary N) is 1. The first kappa shape index (κ1) is 21.8. The van der Waals surface area contributed by atoms with Crippen LogP contribution in [0.15, 0.2) is 35.8 Å². The number of hydrogen-bond acceptors (Lipinski definition) is 4. The van der Waals surface area contributed by atoms with Gasteiger partial charge in [0.15, 0.2) is 4.96 Å². The lowest BCUT2D eigenvalue weighted by Gasteiger charge is -2.30. The number of thiazole rings is 1. The Morgan fingerprint density at radius 2 is 2.10 bits per heavy atom. The largest absolute Gasteiger partial charge is 0.376 e. The van der Waals surface area contributed by atoms with Gasteiger partial charge in [0.2, 0.25) is 0 Å². The van der Waals surface area contributed by atoms with Crippen LogP contribution in [-0.4, -0.2) is 51.7 Å². The molecule has 3 aromatic rings. The number of imidazole rings is 1. The van der Waals surface area contributed by atoms with Gasteiger partial charge in [-0.1, -0.05) is 29.8 Å². The third-order valence-electron chi connectivity index (χ3n) is 5.49. The number of aryl methyl sites for hydroxylation is 1. The highest BCUT2D eigenvalue weighted by molar-refractivity contribution is 7.15. The Bertz CT molecular complexity index is 1030. The molecule has 6 nitrogen and oxygen atoms in total. The Balaban J connectivity index is 1.49. The van der Waals surface area contributed by atoms with E-state index in [1.165, 1.54) is 11.3 Å². The monoisotopic (exact) mass is 440 g/mol. The van der Waals surface area contributed by atoms with E-state index in [0.29, 0.717) is 13.1 Å². The molecule has 3 heterocycles. The zero-order valence-corrected chi connectivity index (χ0v) is 19.7. The number of rotatable bonds is 6. The lowest BCUT2D eigenvalue weighted by atomic mass is 10.1. The fourth-order valence-electron chi connectivity index (χ4n) is 3.83. The van der Waals surface area contributed by atoms with E-state index in [4.69, 9.17) is 9.72 Å². The molecule has 2 amide bonds. The highest BCUT2D eigenvalue weighted by Crippen LogP contribution is 2.24. The van der Waals surface area contributed by atoms with Crippen LogP contribution >= 0.6 is 11.3 Å². The molecule has 1 atom stereocenters. The number of aromatic nitrogens is 2. The first-order valence-electron chi connectivity index (χ1n) is 11.0. The van der Waals surface area contributed by atoms with Gasteiger partial charge in [0.05, 0.1) is 11.8 Å². The molecule has 1 aliphatic heterocycles. The normalized spacial score (nSPS) is 16.7. The smallest absolute Gasteiger partial charge is 0.317 e. The SMILES string of the molecule is Cc1ccc(-c2cn3c(CCN(CC4CCCO4)C(=O)NC(C)(C)C)csc3n2)cc1. The van der Waals surface area contributed by atoms with E-state index >= 15 is 0 Å². The maximum absolute atomic E-state index is 12.9. The number of urea groups is 1. The van der Waals surface area contributed by atoms with Crippen molar-refractivity contribution < 1.29 is 9.53 Å². The Kier molecular flexibility index (Phi) is 6.34. The quantitative estimate of drug-likeness (QED) is 0.593. The van der Waals surface area contributed by atoms with Gasteiger partial charge in [-0.2, -0.15) is 0 Å². The zero-order chi connectivity index (χ0) is 22.0. The molecule has 166 valence electrons. The summed E-state index contributed by atoms with van der Waals surface area (Å²) in [6.07, 6.45) is 5.10. The topological polar surface area (TPSA) is 58.9 Å². The zero-order valence-electron chi connectivity index (χ0n) is 18.9. The van der Waals surface area contributed by atoms with Crippen LogP contribution in [0.2, 0.25) is 0 Å². The molecular weight excluding hydrogens is 408 g/mol. The summed E-state index contributed by atoms with van der Waals surface area (Å²) >= 11 is 1.64. The molecule has 1 fully saturated rings. The van der Waals surface area contributed by atoms with E-state index in [2.05, 4.69) is 52.5 Å². The molecular formula is C24H32N4O2S. The van der Waals surface area contributed by atoms with E-state index in [-0.39, 0.29) is 17.7 Å². The summed E-state index contributed by atoms with van der Waals surface area (Å²) in [5.41, 5.74) is 4.25. The highest BCUT2D eigenvalue weighted by Gasteiger charge is 2.25. The van der Waals surface area contributed by atoms with Crippen molar-refractivity contribution in [1.29, 1.82) is 0 Å². The van der Waals surface area contributed by atoms with Gasteiger partial charge in [-0.25, -0.2) is 9.78 Å². The van der Waals surface area contributed by atoms with Crippen LogP contribution in [0.4, 0.5) is 4.79 Å². The van der Waals surface area contributed by atoms with Crippen LogP contribution < -0.4 is 5.32 Å². The Hall–Kier alpha value is -2.38. The summed E-state index contributed by atoms with van der Waals surface area (Å²) in [6, 6.07) is 8.42. The second kappa shape index (κ2) is 9.01. The molecule has 4 rings (SSSR count). The second-order valence-electron chi connectivity index (χ2n) is 9.38. The molecule has 1 N–H and O–H groups in total. The van der Waals surface area contributed by atoms with E-state index in [0.717, 1.165) is 42.1 Å². The van der Waals surface area contributed by atoms with E-state index in [1.807, 2.05) is 25.7 Å². The van der Waals surface area contributed by atoms with Crippen molar-refractivity contribution >= 4 is 22.3 Å². The number of amides is 2. The summed E-state index contributed by atoms with van der Waals surface area (Å²) < 4.78 is 7.96. The van der Waals surface area contributed by atoms with E-state index in [1.54, 1.807) is 11.3 Å². The number of carbonyl (C=O) groups is 1. The Labute approximate surface area is 188 Å². The standard InChI is InChI=1S/C24H32N4O2S/c1-17-7-9-18(10-8-17)21-15-28-19(16-31-23(28)25-21)11-12-27(14-20-6-5-13-30-20)22(29)26-24(2,3)4/h7-10,15-16,20H,5-6,11-14H2,1-4H3,(H,26,29). The molecule has 1 unspecified atom stereocenters. The number of ether oxygens (including phenoxy) is 1. The molecule has 7 heteroatoms. The van der Waals surface area contributed by atoms with Gasteiger partial charge in [0.1, 0.15) is 0 Å². The van der Waals surface area contributed by atoms with Crippen LogP contribution in [0.5, 0.6) is 0 Å². The minimum absolute atomic E-state index is 0.0274. The van der Waals surface area contributed by atoms with Gasteiger partial charge in [0.25, 0.3) is 0 Å². The first-order chi connectivity index (χ1) is 14.8. The molecule has 2 aromatic heterocycles. The molecule has 31 heavy (non-hydrogen) atoms. The predicted molar refractivity (Wildman–Crippen MR) is 126 cm³/mol. The summed E-state index contributed by atoms with van der Waals surface area (Å²) in [5.74, 6) is 0. The van der Waals surface area contributed by atoms with Crippen LogP contribution in [0.3, 0.4) is 0 Å². The Morgan fingerprint density at radius 3 is 2.77 bits per heavy atom. The van der Waals surface area contributed by atoms with Crippen LogP contribution in [0.25, 0.3) is 16.2 Å². The van der Waals surface area contributed by atoms with Crippen molar-refractivity contribution in [2.45, 2.75) is 58.6 Å². The molecule has 1 aliphatic rings. The molecule has 1 aromatic carbocycles. The van der Waals surface area contributed by atoms with Crippen molar-refractivity contribution in [3.05, 3.63) is 47.1 Å². The first-order valence-corrected chi connectivity index (χ1v) is 11.9. The fraction of sp³-hybridized carbons (Fsp3) is 0.500. The van der Waals surface area contributed by atoms with E-state index < -0.39 is 0 Å². The molecule has 0 aliphatic carbocycles. The van der Waals surface area contributed by atoms with Crippen LogP contribution in [-0.2, 0) is 11.2 Å². The summed E-state index contributed by atoms with van der Waals surface area (Å²) in [6.45, 7) is 10.2. The van der Waals surface area contributed by atoms with Crippen molar-refractivity contribution in [2.24, 2.45) is 0 Å². The third-order valence-corrected chi connectivity index (χ3v) is 6.37. The maximum Gasteiger partial charge on any atom is 0.317 e. The van der Waals surface area contributed by atoms with Gasteiger partial charge >= 0.3 is 6.03 Å². The van der Waals surface area contributed by atoms with Crippen molar-refractivity contribution in [3.8, 4) is 11.3 Å². The lowest BCUT2D eigenvalue weighted by Crippen LogP contribution is -2.50. The van der Waals surface area contributed by atoms with Crippen molar-refractivity contribution in [1.82, 2.24) is 19.6 Å². The molecule has 1 saturated heterocycles. The number of nitrogens with zero attached hydrogens (tertiary/aromatic N) is 3. The average Bonchev–Trinajstić information content (AvgIpc) is 3.42. The van der Waals surface area contributed by atoms with Crippen molar-refractivity contribution in [3.63, 3.8) is 0 Å². The van der Waals surface area contributed by atoms with Crippen molar-refractivity contribution in [2.75, 3.05) is 19.7 Å². The fourth-order valence-corrected chi connectivity index (χ4v) is 4.74. The Morgan fingerprint density at radius 1 is 1.32 bits per heavy atom. The predicted octanol–water partition coefficient (Wildman–Crippen LogP) is 4.90. The minimum Gasteiger partial charge on any atom is -0.376 e. The van der Waals surface area contributed by atoms with Gasteiger partial charge < -0.3 is 15.0 Å². The number of benzene rings is 1. The van der Waals surface area contributed by atoms with E-state index in [9.17, 15) is 4.79 Å². The van der Waals surface area contributed by atoms with Gasteiger partial charge in [-0.15, -0.1) is 11.3 Å². The van der Waals surface area contributed by atoms with Crippen LogP contribution in [0, 0.1) is 6.92 Å². The molecule has 0 saturated carbocycles. The number of carbonyl (C=O) groups excluding carboxylic acids is 1. The minimum atomic E-state index is -0.269. The second-order valence-corrected chi connectivity index (χ2v) is 10.2. The lowest BCUT2D eigenvalue weighted by molar-refractivity contribution is 0.0803. The van der Waals surface area contributed by atoms with Gasteiger partial charge in [0, 0.05) is 54.5 Å². The van der Waals surface area contributed by atoms with Gasteiger partial charge in [-0.3, -0.25) is 4.40 Å². The average molecular weight is 441 g/mol. The maximum atomic E-state index is 12.9. The summed E-state index contributed by atoms with van der Waals surface area (Å²) in [5, 5.41) is 5.25. The highest BCUT2D eigenvalue weighted by atomic mass is 32.1. The molecule has 0 spiro atoms. The van der Waals surface area contributed by atoms with Crippen LogP contribution in [0.1, 0.15) is 44.9 Å². The molecule has 0 radical (unpaired) electrons. The number of fused-ring (bicyclic) bond motifs is 1. The number of hydrogen-bond donors (Lipinski definition) is 1. The summed E-state index contributed by atoms with van der Waals surface area (Å²) in [4.78, 5) is 20.6. The summed E-state index contributed by atoms with van der Waals surface area (Å²) in [7, 11) is 0. The third kappa shape index (κ3) is 5.46.